The van der Waals surface area contributed by atoms with E-state index in [0.29, 0.717) is 26.4 Å². The number of hydrogen-bond donors (Lipinski definition) is 0. The Bertz CT molecular complexity index is 1050. The summed E-state index contributed by atoms with van der Waals surface area (Å²) in [6.45, 7) is 13.4. The van der Waals surface area contributed by atoms with Crippen molar-refractivity contribution in [3.8, 4) is 0 Å². The van der Waals surface area contributed by atoms with Crippen molar-refractivity contribution in [3.63, 3.8) is 0 Å². The third-order valence-corrected chi connectivity index (χ3v) is 8.03. The van der Waals surface area contributed by atoms with Crippen LogP contribution in [0.15, 0.2) is 5.11 Å². The summed E-state index contributed by atoms with van der Waals surface area (Å²) in [5.74, 6) is -2.19. The van der Waals surface area contributed by atoms with E-state index in [-0.39, 0.29) is 13.2 Å². The van der Waals surface area contributed by atoms with E-state index in [2.05, 4.69) is 30.8 Å². The van der Waals surface area contributed by atoms with Crippen molar-refractivity contribution in [2.75, 3.05) is 39.6 Å². The smallest absolute Gasteiger partial charge is 0.305 e. The highest BCUT2D eigenvalue weighted by Gasteiger charge is 2.56. The molecule has 0 aromatic rings. The Hall–Kier alpha value is -2.56. The summed E-state index contributed by atoms with van der Waals surface area (Å²) in [5, 5.41) is 3.56. The molecular weight excluding hydrogens is 658 g/mol. The van der Waals surface area contributed by atoms with Gasteiger partial charge in [0.05, 0.1) is 13.2 Å². The summed E-state index contributed by atoms with van der Waals surface area (Å²) in [4.78, 5) is 39.9. The van der Waals surface area contributed by atoms with E-state index < -0.39 is 79.3 Å². The minimum Gasteiger partial charge on any atom is -0.456 e. The number of carbonyl (C=O) groups excluding carboxylic acids is 3. The first-order chi connectivity index (χ1) is 24.1. The number of unbranched alkanes of at least 4 members (excludes halogenated alkanes) is 4. The van der Waals surface area contributed by atoms with Crippen LogP contribution in [0.3, 0.4) is 0 Å². The minimum absolute atomic E-state index is 0.165. The van der Waals surface area contributed by atoms with Crippen molar-refractivity contribution in [1.82, 2.24) is 0 Å². The molecule has 2 fully saturated rings. The fourth-order valence-corrected chi connectivity index (χ4v) is 5.59. The third-order valence-electron chi connectivity index (χ3n) is 8.03. The lowest BCUT2D eigenvalue weighted by Gasteiger charge is -2.49. The van der Waals surface area contributed by atoms with Crippen molar-refractivity contribution >= 4 is 17.9 Å². The van der Waals surface area contributed by atoms with Gasteiger partial charge in [-0.2, -0.15) is 0 Å². The molecule has 0 bridgehead atoms. The van der Waals surface area contributed by atoms with Crippen molar-refractivity contribution in [2.45, 2.75) is 161 Å². The molecule has 10 atom stereocenters. The topological polar surface area (TPSA) is 192 Å². The van der Waals surface area contributed by atoms with Crippen LogP contribution in [-0.4, -0.2) is 119 Å². The van der Waals surface area contributed by atoms with Gasteiger partial charge in [0.25, 0.3) is 0 Å². The molecule has 2 heterocycles. The van der Waals surface area contributed by atoms with Crippen molar-refractivity contribution in [2.24, 2.45) is 5.11 Å². The molecule has 2 saturated heterocycles. The van der Waals surface area contributed by atoms with Crippen LogP contribution >= 0.6 is 0 Å². The van der Waals surface area contributed by atoms with Gasteiger partial charge in [0, 0.05) is 52.1 Å². The molecular formula is C34H59N3O13. The zero-order valence-corrected chi connectivity index (χ0v) is 30.8. The standard InChI is InChI=1S/C34H59N3O13/c1-8-12-16-41-21-26-27(42-17-13-9-2)29(43-18-14-10-3)31(44-19-15-11-4)33(49-26)50-32-30(46-23(6)39)28(45-22(5)38)25(20-36-37-35)48-34(32)47-24(7)40/h25-34H,8-21H2,1-7H3/t25?,26-,27?,28-,29-,30-,31?,32?,33?,34-/m0/s1. The first kappa shape index (κ1) is 43.6. The number of azide groups is 1. The molecule has 0 N–H and O–H groups in total. The lowest BCUT2D eigenvalue weighted by Crippen LogP contribution is -2.67. The molecule has 0 radical (unpaired) electrons. The first-order valence-corrected chi connectivity index (χ1v) is 18.0. The molecule has 288 valence electrons. The number of ether oxygens (including phenoxy) is 10. The molecule has 0 saturated carbocycles. The Balaban J connectivity index is 2.66. The van der Waals surface area contributed by atoms with Crippen LogP contribution in [0.25, 0.3) is 10.4 Å². The van der Waals surface area contributed by atoms with Crippen LogP contribution in [0.4, 0.5) is 0 Å². The number of carbonyl (C=O) groups is 3. The molecule has 0 amide bonds. The number of esters is 3. The molecule has 0 aromatic heterocycles. The monoisotopic (exact) mass is 717 g/mol. The molecule has 5 unspecified atom stereocenters. The van der Waals surface area contributed by atoms with Crippen molar-refractivity contribution in [3.05, 3.63) is 10.4 Å². The van der Waals surface area contributed by atoms with Gasteiger partial charge in [-0.05, 0) is 31.2 Å². The van der Waals surface area contributed by atoms with Crippen LogP contribution in [0.2, 0.25) is 0 Å². The molecule has 2 rings (SSSR count). The van der Waals surface area contributed by atoms with E-state index in [1.165, 1.54) is 20.8 Å². The Labute approximate surface area is 296 Å². The summed E-state index contributed by atoms with van der Waals surface area (Å²) in [6.07, 6.45) is -3.88. The highest BCUT2D eigenvalue weighted by molar-refractivity contribution is 5.68. The number of rotatable bonds is 24. The SMILES string of the molecule is CCCCOC[C@@H]1OC(OC2[C@@H](OC(C)=O)OC(CN=[N+]=[N-])[C@H](OC(C)=O)[C@@H]2OC(C)=O)C(OCCCC)[C@@H](OCCCC)C1OCCCC. The lowest BCUT2D eigenvalue weighted by atomic mass is 9.96. The van der Waals surface area contributed by atoms with Crippen LogP contribution in [0.1, 0.15) is 99.8 Å². The predicted octanol–water partition coefficient (Wildman–Crippen LogP) is 4.93. The fourth-order valence-electron chi connectivity index (χ4n) is 5.59. The van der Waals surface area contributed by atoms with Crippen molar-refractivity contribution in [1.29, 1.82) is 0 Å². The maximum atomic E-state index is 12.5. The van der Waals surface area contributed by atoms with E-state index in [0.717, 1.165) is 51.4 Å². The molecule has 16 heteroatoms. The molecule has 2 aliphatic rings. The maximum absolute atomic E-state index is 12.5. The summed E-state index contributed by atoms with van der Waals surface area (Å²) < 4.78 is 61.6. The van der Waals surface area contributed by atoms with E-state index in [1.807, 2.05) is 6.92 Å². The van der Waals surface area contributed by atoms with Crippen LogP contribution in [0.5, 0.6) is 0 Å². The predicted molar refractivity (Wildman–Crippen MR) is 179 cm³/mol. The second kappa shape index (κ2) is 24.6. The van der Waals surface area contributed by atoms with Gasteiger partial charge in [-0.15, -0.1) is 0 Å². The lowest BCUT2D eigenvalue weighted by molar-refractivity contribution is -0.370. The summed E-state index contributed by atoms with van der Waals surface area (Å²) in [6, 6.07) is 0. The number of nitrogens with zero attached hydrogens (tertiary/aromatic N) is 3. The van der Waals surface area contributed by atoms with Crippen LogP contribution < -0.4 is 0 Å². The van der Waals surface area contributed by atoms with Gasteiger partial charge in [0.2, 0.25) is 6.29 Å². The average molecular weight is 718 g/mol. The van der Waals surface area contributed by atoms with Gasteiger partial charge < -0.3 is 47.4 Å². The minimum atomic E-state index is -1.50. The summed E-state index contributed by atoms with van der Waals surface area (Å²) in [5.41, 5.74) is 9.02. The van der Waals surface area contributed by atoms with Gasteiger partial charge >= 0.3 is 17.9 Å². The molecule has 0 spiro atoms. The molecule has 0 aliphatic carbocycles. The average Bonchev–Trinajstić information content (AvgIpc) is 3.06. The highest BCUT2D eigenvalue weighted by Crippen LogP contribution is 2.35. The fraction of sp³-hybridized carbons (Fsp3) is 0.912. The largest absolute Gasteiger partial charge is 0.456 e. The van der Waals surface area contributed by atoms with E-state index in [1.54, 1.807) is 0 Å². The zero-order valence-electron chi connectivity index (χ0n) is 30.8. The van der Waals surface area contributed by atoms with Crippen LogP contribution in [-0.2, 0) is 61.8 Å². The van der Waals surface area contributed by atoms with E-state index in [9.17, 15) is 14.4 Å². The quantitative estimate of drug-likeness (QED) is 0.0326. The second-order valence-corrected chi connectivity index (χ2v) is 12.4. The summed E-state index contributed by atoms with van der Waals surface area (Å²) >= 11 is 0. The van der Waals surface area contributed by atoms with Gasteiger partial charge in [-0.3, -0.25) is 14.4 Å². The Morgan fingerprint density at radius 2 is 1.10 bits per heavy atom. The van der Waals surface area contributed by atoms with Gasteiger partial charge in [0.1, 0.15) is 30.5 Å². The second-order valence-electron chi connectivity index (χ2n) is 12.4. The first-order valence-electron chi connectivity index (χ1n) is 18.0. The highest BCUT2D eigenvalue weighted by atomic mass is 16.8. The van der Waals surface area contributed by atoms with E-state index in [4.69, 9.17) is 52.9 Å². The molecule has 50 heavy (non-hydrogen) atoms. The van der Waals surface area contributed by atoms with Crippen LogP contribution in [0, 0.1) is 0 Å². The molecule has 0 aromatic carbocycles. The van der Waals surface area contributed by atoms with Gasteiger partial charge in [-0.1, -0.05) is 58.5 Å². The van der Waals surface area contributed by atoms with E-state index >= 15 is 0 Å². The van der Waals surface area contributed by atoms with Gasteiger partial charge in [0.15, 0.2) is 24.6 Å². The Morgan fingerprint density at radius 1 is 0.600 bits per heavy atom. The number of hydrogen-bond acceptors (Lipinski definition) is 14. The summed E-state index contributed by atoms with van der Waals surface area (Å²) in [7, 11) is 0. The Morgan fingerprint density at radius 3 is 1.64 bits per heavy atom. The normalized spacial score (nSPS) is 29.5. The Kier molecular flexibility index (Phi) is 21.4. The maximum Gasteiger partial charge on any atom is 0.305 e. The zero-order chi connectivity index (χ0) is 36.9. The third kappa shape index (κ3) is 14.6. The molecule has 2 aliphatic heterocycles. The molecule has 16 nitrogen and oxygen atoms in total. The van der Waals surface area contributed by atoms with Crippen molar-refractivity contribution < 1.29 is 61.8 Å². The van der Waals surface area contributed by atoms with Gasteiger partial charge in [-0.25, -0.2) is 0 Å².